The number of esters is 1. The molecule has 0 radical (unpaired) electrons. The molecular formula is C30H41NO6. The standard InChI is InChI=1S/C30H41NO6/c1-16-9-20-23(21(33)10-16)19(14-32)24(35)25-26(20,3)15-30-28(5,27(25,4)12-22(34)37-30)6-7-29-11-17(2)8-18(36-29)13-31(29)30/h10,17-20,23,25,32H,6-9,11-15H2,1-5H3/t17-,18+,19-,20+,23-,25-,26-,27-,28-,29?,30+/m0/s1. The molecule has 4 heterocycles. The van der Waals surface area contributed by atoms with E-state index in [0.29, 0.717) is 12.3 Å². The Bertz CT molecular complexity index is 1150. The lowest BCUT2D eigenvalue weighted by Crippen LogP contribution is -2.83. The lowest BCUT2D eigenvalue weighted by Gasteiger charge is -2.76. The summed E-state index contributed by atoms with van der Waals surface area (Å²) in [6.45, 7) is 11.3. The largest absolute Gasteiger partial charge is 0.443 e. The number of rotatable bonds is 1. The zero-order valence-corrected chi connectivity index (χ0v) is 22.8. The number of ether oxygens (including phenoxy) is 2. The number of hydrogen-bond donors (Lipinski definition) is 1. The van der Waals surface area contributed by atoms with Crippen LogP contribution in [0.25, 0.3) is 0 Å². The van der Waals surface area contributed by atoms with Crippen molar-refractivity contribution in [3.05, 3.63) is 11.6 Å². The van der Waals surface area contributed by atoms with Gasteiger partial charge in [-0.1, -0.05) is 33.3 Å². The number of Topliss-reactive ketones (excluding diaryl/α,β-unsaturated/α-hetero) is 1. The minimum Gasteiger partial charge on any atom is -0.443 e. The van der Waals surface area contributed by atoms with Crippen molar-refractivity contribution in [1.29, 1.82) is 0 Å². The molecule has 4 aliphatic heterocycles. The van der Waals surface area contributed by atoms with E-state index in [-0.39, 0.29) is 42.6 Å². The van der Waals surface area contributed by atoms with Gasteiger partial charge in [-0.05, 0) is 67.8 Å². The second-order valence-corrected chi connectivity index (χ2v) is 14.6. The van der Waals surface area contributed by atoms with Crippen LogP contribution >= 0.6 is 0 Å². The maximum atomic E-state index is 14.4. The van der Waals surface area contributed by atoms with Crippen molar-refractivity contribution in [2.75, 3.05) is 13.2 Å². The number of nitrogens with zero attached hydrogens (tertiary/aromatic N) is 1. The monoisotopic (exact) mass is 511 g/mol. The Morgan fingerprint density at radius 1 is 1.16 bits per heavy atom. The Morgan fingerprint density at radius 2 is 1.92 bits per heavy atom. The fraction of sp³-hybridized carbons (Fsp3) is 0.833. The van der Waals surface area contributed by atoms with Gasteiger partial charge in [-0.25, -0.2) is 4.90 Å². The summed E-state index contributed by atoms with van der Waals surface area (Å²) >= 11 is 0. The average molecular weight is 512 g/mol. The van der Waals surface area contributed by atoms with Crippen LogP contribution in [-0.2, 0) is 23.9 Å². The molecule has 7 nitrogen and oxygen atoms in total. The van der Waals surface area contributed by atoms with Crippen molar-refractivity contribution in [1.82, 2.24) is 4.90 Å². The van der Waals surface area contributed by atoms with Gasteiger partial charge in [0.2, 0.25) is 0 Å². The number of hydrogen-bond acceptors (Lipinski definition) is 7. The third-order valence-corrected chi connectivity index (χ3v) is 12.7. The first-order chi connectivity index (χ1) is 17.3. The van der Waals surface area contributed by atoms with Gasteiger partial charge in [0.1, 0.15) is 11.5 Å². The van der Waals surface area contributed by atoms with Crippen LogP contribution in [0.15, 0.2) is 11.6 Å². The molecule has 1 N–H and O–H groups in total. The van der Waals surface area contributed by atoms with Crippen LogP contribution in [0.2, 0.25) is 0 Å². The summed E-state index contributed by atoms with van der Waals surface area (Å²) in [5, 5.41) is 10.5. The van der Waals surface area contributed by atoms with Gasteiger partial charge in [0, 0.05) is 30.2 Å². The number of carbonyl (C=O) groups is 3. The summed E-state index contributed by atoms with van der Waals surface area (Å²) < 4.78 is 13.4. The molecule has 7 rings (SSSR count). The van der Waals surface area contributed by atoms with E-state index >= 15 is 0 Å². The summed E-state index contributed by atoms with van der Waals surface area (Å²) in [7, 11) is 0. The number of allylic oxidation sites excluding steroid dienone is 2. The minimum absolute atomic E-state index is 0.0232. The molecule has 2 saturated carbocycles. The van der Waals surface area contributed by atoms with Crippen LogP contribution in [0.4, 0.5) is 0 Å². The summed E-state index contributed by atoms with van der Waals surface area (Å²) in [4.78, 5) is 43.8. The Hall–Kier alpha value is -1.57. The Morgan fingerprint density at radius 3 is 2.65 bits per heavy atom. The van der Waals surface area contributed by atoms with Gasteiger partial charge in [-0.2, -0.15) is 0 Å². The summed E-state index contributed by atoms with van der Waals surface area (Å²) in [6, 6.07) is 0. The minimum atomic E-state index is -0.881. The van der Waals surface area contributed by atoms with E-state index in [1.807, 2.05) is 6.92 Å². The fourth-order valence-electron chi connectivity index (χ4n) is 11.3. The van der Waals surface area contributed by atoms with Gasteiger partial charge in [0.25, 0.3) is 0 Å². The van der Waals surface area contributed by atoms with Gasteiger partial charge in [0.05, 0.1) is 25.0 Å². The van der Waals surface area contributed by atoms with Crippen LogP contribution in [0.1, 0.15) is 79.6 Å². The maximum Gasteiger partial charge on any atom is 0.308 e. The highest BCUT2D eigenvalue weighted by Gasteiger charge is 2.83. The van der Waals surface area contributed by atoms with Crippen molar-refractivity contribution in [2.45, 2.75) is 97.1 Å². The summed E-state index contributed by atoms with van der Waals surface area (Å²) in [5.74, 6) is -1.48. The Kier molecular flexibility index (Phi) is 4.72. The molecule has 37 heavy (non-hydrogen) atoms. The van der Waals surface area contributed by atoms with Gasteiger partial charge < -0.3 is 14.6 Å². The van der Waals surface area contributed by atoms with Gasteiger partial charge in [-0.15, -0.1) is 0 Å². The average Bonchev–Trinajstić information content (AvgIpc) is 3.07. The molecule has 7 aliphatic rings. The van der Waals surface area contributed by atoms with E-state index in [1.165, 1.54) is 0 Å². The smallest absolute Gasteiger partial charge is 0.308 e. The molecule has 0 aromatic carbocycles. The normalized spacial score (nSPS) is 56.5. The highest BCUT2D eigenvalue weighted by molar-refractivity contribution is 6.00. The highest BCUT2D eigenvalue weighted by Crippen LogP contribution is 2.78. The van der Waals surface area contributed by atoms with Gasteiger partial charge >= 0.3 is 5.97 Å². The van der Waals surface area contributed by atoms with Crippen LogP contribution in [0.3, 0.4) is 0 Å². The lowest BCUT2D eigenvalue weighted by molar-refractivity contribution is -0.380. The van der Waals surface area contributed by atoms with Crippen molar-refractivity contribution in [2.24, 2.45) is 45.8 Å². The first-order valence-electron chi connectivity index (χ1n) is 14.4. The SMILES string of the molecule is CC1=CC(=O)[C@H]2[C@H](CO)C(=O)[C@H]3[C@@](C)(C[C@@]45OC(=O)C[C@]3(C)[C@]4(C)CCC34C[C@@H](C)C[C@H](CN35)O4)[C@@H]2C1. The van der Waals surface area contributed by atoms with Crippen LogP contribution < -0.4 is 0 Å². The number of aliphatic hydroxyl groups excluding tert-OH is 1. The highest BCUT2D eigenvalue weighted by atomic mass is 16.6. The molecule has 1 unspecified atom stereocenters. The van der Waals surface area contributed by atoms with E-state index in [2.05, 4.69) is 32.6 Å². The van der Waals surface area contributed by atoms with E-state index in [0.717, 1.165) is 44.2 Å². The van der Waals surface area contributed by atoms with Gasteiger partial charge in [-0.3, -0.25) is 14.4 Å². The van der Waals surface area contributed by atoms with Gasteiger partial charge in [0.15, 0.2) is 11.5 Å². The lowest BCUT2D eigenvalue weighted by atomic mass is 9.33. The van der Waals surface area contributed by atoms with Crippen LogP contribution in [-0.4, -0.2) is 58.2 Å². The van der Waals surface area contributed by atoms with Crippen LogP contribution in [0.5, 0.6) is 0 Å². The number of piperidine rings is 1. The Labute approximate surface area is 219 Å². The molecular weight excluding hydrogens is 470 g/mol. The Balaban J connectivity index is 1.46. The first kappa shape index (κ1) is 24.5. The number of carbonyl (C=O) groups excluding carboxylic acids is 3. The molecule has 202 valence electrons. The summed E-state index contributed by atoms with van der Waals surface area (Å²) in [6.07, 6.45) is 6.88. The van der Waals surface area contributed by atoms with Crippen molar-refractivity contribution in [3.8, 4) is 0 Å². The number of fused-ring (bicyclic) bond motifs is 5. The third kappa shape index (κ3) is 2.63. The first-order valence-corrected chi connectivity index (χ1v) is 14.4. The number of aliphatic hydroxyl groups is 1. The van der Waals surface area contributed by atoms with Crippen molar-refractivity contribution in [3.63, 3.8) is 0 Å². The second-order valence-electron chi connectivity index (χ2n) is 14.6. The predicted molar refractivity (Wildman–Crippen MR) is 134 cm³/mol. The molecule has 6 fully saturated rings. The summed E-state index contributed by atoms with van der Waals surface area (Å²) in [5.41, 5.74) is -1.92. The molecule has 4 saturated heterocycles. The molecule has 0 amide bonds. The zero-order chi connectivity index (χ0) is 26.3. The topological polar surface area (TPSA) is 93.1 Å². The molecule has 7 heteroatoms. The van der Waals surface area contributed by atoms with Crippen LogP contribution in [0, 0.1) is 45.8 Å². The van der Waals surface area contributed by atoms with E-state index in [1.54, 1.807) is 6.08 Å². The van der Waals surface area contributed by atoms with Crippen molar-refractivity contribution >= 4 is 17.5 Å². The maximum absolute atomic E-state index is 14.4. The van der Waals surface area contributed by atoms with Crippen molar-refractivity contribution < 1.29 is 29.0 Å². The third-order valence-electron chi connectivity index (χ3n) is 12.7. The molecule has 1 spiro atoms. The quantitative estimate of drug-likeness (QED) is 0.538. The van der Waals surface area contributed by atoms with E-state index in [4.69, 9.17) is 9.47 Å². The molecule has 4 bridgehead atoms. The number of ketones is 2. The van der Waals surface area contributed by atoms with E-state index in [9.17, 15) is 19.5 Å². The molecule has 3 aliphatic carbocycles. The molecule has 0 aromatic rings. The second kappa shape index (κ2) is 7.14. The zero-order valence-electron chi connectivity index (χ0n) is 22.8. The predicted octanol–water partition coefficient (Wildman–Crippen LogP) is 3.63. The molecule has 11 atom stereocenters. The van der Waals surface area contributed by atoms with E-state index < -0.39 is 45.4 Å². The molecule has 0 aromatic heterocycles. The fourth-order valence-corrected chi connectivity index (χ4v) is 11.3.